The lowest BCUT2D eigenvalue weighted by Crippen LogP contribution is -2.48. The second-order valence-electron chi connectivity index (χ2n) is 8.60. The van der Waals surface area contributed by atoms with Crippen LogP contribution in [0.2, 0.25) is 0 Å². The van der Waals surface area contributed by atoms with Gasteiger partial charge in [0.1, 0.15) is 11.8 Å². The van der Waals surface area contributed by atoms with Crippen LogP contribution in [0.5, 0.6) is 5.75 Å². The van der Waals surface area contributed by atoms with Crippen LogP contribution in [0.3, 0.4) is 0 Å². The first-order valence-electron chi connectivity index (χ1n) is 11.7. The summed E-state index contributed by atoms with van der Waals surface area (Å²) < 4.78 is 32.5. The summed E-state index contributed by atoms with van der Waals surface area (Å²) in [6.07, 6.45) is 2.28. The van der Waals surface area contributed by atoms with E-state index >= 15 is 0 Å². The second kappa shape index (κ2) is 12.1. The molecule has 0 spiro atoms. The number of hydrogen-bond acceptors (Lipinski definition) is 6. The van der Waals surface area contributed by atoms with E-state index in [1.54, 1.807) is 50.4 Å². The molecule has 0 radical (unpaired) electrons. The Kier molecular flexibility index (Phi) is 9.25. The minimum Gasteiger partial charge on any atom is -0.497 e. The van der Waals surface area contributed by atoms with Crippen molar-refractivity contribution in [1.82, 2.24) is 14.9 Å². The summed E-state index contributed by atoms with van der Waals surface area (Å²) in [6, 6.07) is 13.1. The second-order valence-corrected chi connectivity index (χ2v) is 10.3. The number of nitrogens with one attached hydrogen (secondary N) is 2. The predicted octanol–water partition coefficient (Wildman–Crippen LogP) is 1.59. The number of sulfonamides is 1. The van der Waals surface area contributed by atoms with Gasteiger partial charge in [0, 0.05) is 25.6 Å². The first-order valence-corrected chi connectivity index (χ1v) is 13.1. The number of aryl methyl sites for hydroxylation is 1. The summed E-state index contributed by atoms with van der Waals surface area (Å²) in [4.78, 5) is 27.4. The van der Waals surface area contributed by atoms with E-state index in [0.29, 0.717) is 12.2 Å². The monoisotopic (exact) mass is 503 g/mol. The van der Waals surface area contributed by atoms with Crippen LogP contribution in [-0.4, -0.2) is 62.6 Å². The standard InChI is InChI=1S/C25H33N3O6S/c1-18(25(31)26-15-16-29)28(17-20-3-10-22(34-2)11-4-20)24(30)14-7-19-5-12-23(13-6-19)35(32,33)27-21-8-9-21/h3-6,10-13,18,21,27,29H,7-9,14-17H2,1-2H3,(H,26,31)/t18-/m1/s1. The molecule has 9 nitrogen and oxygen atoms in total. The first-order chi connectivity index (χ1) is 16.7. The molecular weight excluding hydrogens is 470 g/mol. The van der Waals surface area contributed by atoms with E-state index in [1.807, 2.05) is 12.1 Å². The Labute approximate surface area is 206 Å². The average molecular weight is 504 g/mol. The van der Waals surface area contributed by atoms with E-state index in [4.69, 9.17) is 9.84 Å². The zero-order chi connectivity index (χ0) is 25.4. The molecule has 2 amide bonds. The van der Waals surface area contributed by atoms with Crippen molar-refractivity contribution in [1.29, 1.82) is 0 Å². The Morgan fingerprint density at radius 1 is 1.09 bits per heavy atom. The minimum atomic E-state index is -3.52. The van der Waals surface area contributed by atoms with Gasteiger partial charge in [-0.05, 0) is 61.6 Å². The van der Waals surface area contributed by atoms with Gasteiger partial charge in [-0.2, -0.15) is 0 Å². The largest absolute Gasteiger partial charge is 0.497 e. The molecule has 0 aromatic heterocycles. The molecule has 35 heavy (non-hydrogen) atoms. The van der Waals surface area contributed by atoms with Crippen molar-refractivity contribution in [3.8, 4) is 5.75 Å². The summed E-state index contributed by atoms with van der Waals surface area (Å²) in [5, 5.41) is 11.6. The number of hydrogen-bond donors (Lipinski definition) is 3. The van der Waals surface area contributed by atoms with Gasteiger partial charge in [-0.25, -0.2) is 13.1 Å². The Balaban J connectivity index is 1.67. The highest BCUT2D eigenvalue weighted by Gasteiger charge is 2.28. The van der Waals surface area contributed by atoms with Crippen LogP contribution in [0.4, 0.5) is 0 Å². The number of carbonyl (C=O) groups is 2. The van der Waals surface area contributed by atoms with Crippen LogP contribution in [0.25, 0.3) is 0 Å². The zero-order valence-electron chi connectivity index (χ0n) is 20.1. The van der Waals surface area contributed by atoms with E-state index in [2.05, 4.69) is 10.0 Å². The number of nitrogens with zero attached hydrogens (tertiary/aromatic N) is 1. The van der Waals surface area contributed by atoms with Crippen LogP contribution in [0, 0.1) is 0 Å². The summed E-state index contributed by atoms with van der Waals surface area (Å²) >= 11 is 0. The van der Waals surface area contributed by atoms with Gasteiger partial charge in [-0.15, -0.1) is 0 Å². The molecule has 1 atom stereocenters. The molecule has 0 heterocycles. The molecule has 3 rings (SSSR count). The van der Waals surface area contributed by atoms with Crippen molar-refractivity contribution in [2.45, 2.75) is 56.1 Å². The number of rotatable bonds is 13. The van der Waals surface area contributed by atoms with E-state index < -0.39 is 16.1 Å². The van der Waals surface area contributed by atoms with E-state index in [9.17, 15) is 18.0 Å². The Morgan fingerprint density at radius 3 is 2.29 bits per heavy atom. The van der Waals surface area contributed by atoms with E-state index in [0.717, 1.165) is 24.0 Å². The third-order valence-electron chi connectivity index (χ3n) is 5.85. The number of aliphatic hydroxyl groups is 1. The Hall–Kier alpha value is -2.95. The lowest BCUT2D eigenvalue weighted by molar-refractivity contribution is -0.140. The molecule has 3 N–H and O–H groups in total. The normalized spacial score (nSPS) is 14.3. The van der Waals surface area contributed by atoms with Gasteiger partial charge in [0.2, 0.25) is 21.8 Å². The summed E-state index contributed by atoms with van der Waals surface area (Å²) in [5.41, 5.74) is 1.67. The molecule has 2 aromatic rings. The maximum atomic E-state index is 13.2. The molecule has 1 aliphatic rings. The fourth-order valence-electron chi connectivity index (χ4n) is 3.56. The van der Waals surface area contributed by atoms with Crippen LogP contribution < -0.4 is 14.8 Å². The third kappa shape index (κ3) is 7.78. The summed E-state index contributed by atoms with van der Waals surface area (Å²) in [5.74, 6) is 0.136. The highest BCUT2D eigenvalue weighted by Crippen LogP contribution is 2.22. The fraction of sp³-hybridized carbons (Fsp3) is 0.440. The minimum absolute atomic E-state index is 0.0329. The molecule has 1 saturated carbocycles. The Morgan fingerprint density at radius 2 is 1.71 bits per heavy atom. The van der Waals surface area contributed by atoms with Gasteiger partial charge >= 0.3 is 0 Å². The number of aliphatic hydroxyl groups excluding tert-OH is 1. The van der Waals surface area contributed by atoms with Crippen molar-refractivity contribution >= 4 is 21.8 Å². The van der Waals surface area contributed by atoms with Crippen LogP contribution in [0.1, 0.15) is 37.3 Å². The smallest absolute Gasteiger partial charge is 0.242 e. The van der Waals surface area contributed by atoms with Crippen LogP contribution in [0.15, 0.2) is 53.4 Å². The maximum Gasteiger partial charge on any atom is 0.242 e. The summed E-state index contributed by atoms with van der Waals surface area (Å²) in [6.45, 7) is 1.81. The average Bonchev–Trinajstić information content (AvgIpc) is 3.67. The molecule has 1 fully saturated rings. The van der Waals surface area contributed by atoms with Crippen molar-refractivity contribution in [3.63, 3.8) is 0 Å². The van der Waals surface area contributed by atoms with Gasteiger partial charge < -0.3 is 20.1 Å². The van der Waals surface area contributed by atoms with E-state index in [1.165, 1.54) is 4.90 Å². The predicted molar refractivity (Wildman–Crippen MR) is 131 cm³/mol. The zero-order valence-corrected chi connectivity index (χ0v) is 20.9. The number of benzene rings is 2. The molecule has 0 saturated heterocycles. The molecule has 1 aliphatic carbocycles. The molecular formula is C25H33N3O6S. The number of ether oxygens (including phenoxy) is 1. The van der Waals surface area contributed by atoms with Crippen molar-refractivity contribution in [2.24, 2.45) is 0 Å². The van der Waals surface area contributed by atoms with Gasteiger partial charge in [0.15, 0.2) is 0 Å². The third-order valence-corrected chi connectivity index (χ3v) is 7.39. The van der Waals surface area contributed by atoms with Gasteiger partial charge in [0.05, 0.1) is 18.6 Å². The van der Waals surface area contributed by atoms with Gasteiger partial charge in [-0.1, -0.05) is 24.3 Å². The molecule has 190 valence electrons. The molecule has 2 aromatic carbocycles. The lowest BCUT2D eigenvalue weighted by atomic mass is 10.1. The first kappa shape index (κ1) is 26.7. The van der Waals surface area contributed by atoms with Crippen molar-refractivity contribution < 1.29 is 27.9 Å². The van der Waals surface area contributed by atoms with Gasteiger partial charge in [-0.3, -0.25) is 9.59 Å². The highest BCUT2D eigenvalue weighted by molar-refractivity contribution is 7.89. The molecule has 10 heteroatoms. The SMILES string of the molecule is COc1ccc(CN(C(=O)CCc2ccc(S(=O)(=O)NC3CC3)cc2)[C@H](C)C(=O)NCCO)cc1. The number of amides is 2. The molecule has 0 bridgehead atoms. The lowest BCUT2D eigenvalue weighted by Gasteiger charge is -2.29. The fourth-order valence-corrected chi connectivity index (χ4v) is 4.86. The molecule has 0 unspecified atom stereocenters. The quantitative estimate of drug-likeness (QED) is 0.381. The Bertz CT molecular complexity index is 1100. The van der Waals surface area contributed by atoms with Crippen LogP contribution >= 0.6 is 0 Å². The summed E-state index contributed by atoms with van der Waals surface area (Å²) in [7, 11) is -1.95. The molecule has 0 aliphatic heterocycles. The number of methoxy groups -OCH3 is 1. The topological polar surface area (TPSA) is 125 Å². The maximum absolute atomic E-state index is 13.2. The van der Waals surface area contributed by atoms with Crippen molar-refractivity contribution in [3.05, 3.63) is 59.7 Å². The van der Waals surface area contributed by atoms with E-state index in [-0.39, 0.29) is 48.9 Å². The van der Waals surface area contributed by atoms with Gasteiger partial charge in [0.25, 0.3) is 0 Å². The van der Waals surface area contributed by atoms with Crippen LogP contribution in [-0.2, 0) is 32.6 Å². The van der Waals surface area contributed by atoms with Crippen molar-refractivity contribution in [2.75, 3.05) is 20.3 Å². The number of carbonyl (C=O) groups excluding carboxylic acids is 2. The highest BCUT2D eigenvalue weighted by atomic mass is 32.2.